The van der Waals surface area contributed by atoms with E-state index in [2.05, 4.69) is 21.2 Å². The first-order valence-electron chi connectivity index (χ1n) is 5.12. The molecule has 0 radical (unpaired) electrons. The summed E-state index contributed by atoms with van der Waals surface area (Å²) in [4.78, 5) is 11.8. The van der Waals surface area contributed by atoms with E-state index in [1.165, 1.54) is 30.3 Å². The Morgan fingerprint density at radius 1 is 1.22 bits per heavy atom. The van der Waals surface area contributed by atoms with Crippen LogP contribution < -0.4 is 5.32 Å². The molecule has 0 heterocycles. The van der Waals surface area contributed by atoms with Crippen molar-refractivity contribution in [2.45, 2.75) is 0 Å². The molecule has 2 rings (SSSR count). The van der Waals surface area contributed by atoms with Crippen molar-refractivity contribution >= 4 is 27.5 Å². The van der Waals surface area contributed by atoms with Crippen LogP contribution in [0.15, 0.2) is 46.9 Å². The van der Waals surface area contributed by atoms with Crippen LogP contribution >= 0.6 is 15.9 Å². The molecule has 1 amide bonds. The van der Waals surface area contributed by atoms with Gasteiger partial charge in [0, 0.05) is 10.0 Å². The van der Waals surface area contributed by atoms with Gasteiger partial charge in [0.15, 0.2) is 0 Å². The highest BCUT2D eigenvalue weighted by Gasteiger charge is 2.10. The lowest BCUT2D eigenvalue weighted by molar-refractivity contribution is 0.102. The normalized spacial score (nSPS) is 10.1. The van der Waals surface area contributed by atoms with Crippen LogP contribution in [0.4, 0.5) is 10.1 Å². The largest absolute Gasteiger partial charge is 0.508 e. The molecule has 0 aliphatic rings. The van der Waals surface area contributed by atoms with Crippen molar-refractivity contribution in [3.63, 3.8) is 0 Å². The van der Waals surface area contributed by atoms with Crippen LogP contribution in [0, 0.1) is 5.82 Å². The Labute approximate surface area is 111 Å². The van der Waals surface area contributed by atoms with Gasteiger partial charge in [-0.05, 0) is 36.4 Å². The van der Waals surface area contributed by atoms with E-state index in [9.17, 15) is 14.3 Å². The molecule has 0 saturated carbocycles. The van der Waals surface area contributed by atoms with E-state index in [0.717, 1.165) is 0 Å². The van der Waals surface area contributed by atoms with Gasteiger partial charge >= 0.3 is 0 Å². The maximum absolute atomic E-state index is 13.4. The summed E-state index contributed by atoms with van der Waals surface area (Å²) < 4.78 is 14.1. The highest BCUT2D eigenvalue weighted by molar-refractivity contribution is 9.10. The number of carbonyl (C=O) groups is 1. The molecular weight excluding hydrogens is 301 g/mol. The molecule has 2 aromatic rings. The number of aromatic hydroxyl groups is 1. The number of phenolic OH excluding ortho intramolecular Hbond substituents is 1. The second-order valence-corrected chi connectivity index (χ2v) is 4.54. The minimum atomic E-state index is -0.522. The van der Waals surface area contributed by atoms with E-state index < -0.39 is 11.7 Å². The van der Waals surface area contributed by atoms with E-state index in [-0.39, 0.29) is 17.0 Å². The van der Waals surface area contributed by atoms with Crippen LogP contribution in [0.25, 0.3) is 0 Å². The number of carbonyl (C=O) groups excluding carboxylic acids is 1. The standard InChI is InChI=1S/C13H9BrFNO2/c14-9-4-5-11(15)12(7-9)16-13(18)8-2-1-3-10(17)6-8/h1-7,17H,(H,16,18). The summed E-state index contributed by atoms with van der Waals surface area (Å²) in [5, 5.41) is 11.7. The number of rotatable bonds is 2. The molecule has 2 aromatic carbocycles. The molecule has 2 N–H and O–H groups in total. The number of benzene rings is 2. The van der Waals surface area contributed by atoms with E-state index in [0.29, 0.717) is 4.47 Å². The van der Waals surface area contributed by atoms with Crippen molar-refractivity contribution in [2.24, 2.45) is 0 Å². The smallest absolute Gasteiger partial charge is 0.255 e. The first kappa shape index (κ1) is 12.6. The van der Waals surface area contributed by atoms with E-state index in [4.69, 9.17) is 0 Å². The van der Waals surface area contributed by atoms with E-state index in [1.807, 2.05) is 0 Å². The van der Waals surface area contributed by atoms with E-state index in [1.54, 1.807) is 12.1 Å². The zero-order valence-electron chi connectivity index (χ0n) is 9.15. The summed E-state index contributed by atoms with van der Waals surface area (Å²) in [6, 6.07) is 10.1. The van der Waals surface area contributed by atoms with Crippen LogP contribution in [-0.2, 0) is 0 Å². The van der Waals surface area contributed by atoms with Gasteiger partial charge < -0.3 is 10.4 Å². The van der Waals surface area contributed by atoms with Crippen molar-refractivity contribution in [3.05, 3.63) is 58.3 Å². The molecule has 92 valence electrons. The predicted octanol–water partition coefficient (Wildman–Crippen LogP) is 3.55. The van der Waals surface area contributed by atoms with Gasteiger partial charge in [0.1, 0.15) is 11.6 Å². The Hall–Kier alpha value is -1.88. The van der Waals surface area contributed by atoms with Crippen molar-refractivity contribution in [1.29, 1.82) is 0 Å². The molecule has 3 nitrogen and oxygen atoms in total. The van der Waals surface area contributed by atoms with Crippen LogP contribution in [0.3, 0.4) is 0 Å². The van der Waals surface area contributed by atoms with Crippen LogP contribution in [-0.4, -0.2) is 11.0 Å². The van der Waals surface area contributed by atoms with Gasteiger partial charge in [-0.1, -0.05) is 22.0 Å². The highest BCUT2D eigenvalue weighted by atomic mass is 79.9. The van der Waals surface area contributed by atoms with Crippen molar-refractivity contribution in [3.8, 4) is 5.75 Å². The van der Waals surface area contributed by atoms with Crippen molar-refractivity contribution < 1.29 is 14.3 Å². The lowest BCUT2D eigenvalue weighted by Crippen LogP contribution is -2.12. The summed E-state index contributed by atoms with van der Waals surface area (Å²) >= 11 is 3.20. The molecule has 0 unspecified atom stereocenters. The van der Waals surface area contributed by atoms with Crippen molar-refractivity contribution in [2.75, 3.05) is 5.32 Å². The molecule has 5 heteroatoms. The fraction of sp³-hybridized carbons (Fsp3) is 0. The fourth-order valence-corrected chi connectivity index (χ4v) is 1.80. The highest BCUT2D eigenvalue weighted by Crippen LogP contribution is 2.21. The molecule has 0 saturated heterocycles. The quantitative estimate of drug-likeness (QED) is 0.891. The average molecular weight is 310 g/mol. The first-order chi connectivity index (χ1) is 8.56. The van der Waals surface area contributed by atoms with Gasteiger partial charge in [0.2, 0.25) is 0 Å². The summed E-state index contributed by atoms with van der Waals surface area (Å²) in [5.74, 6) is -1.02. The summed E-state index contributed by atoms with van der Waals surface area (Å²) in [5.41, 5.74) is 0.340. The SMILES string of the molecule is O=C(Nc1cc(Br)ccc1F)c1cccc(O)c1. The van der Waals surface area contributed by atoms with E-state index >= 15 is 0 Å². The Kier molecular flexibility index (Phi) is 3.62. The molecule has 0 aliphatic carbocycles. The summed E-state index contributed by atoms with van der Waals surface area (Å²) in [6.45, 7) is 0. The monoisotopic (exact) mass is 309 g/mol. The third kappa shape index (κ3) is 2.87. The number of phenols is 1. The minimum absolute atomic E-state index is 0.0163. The predicted molar refractivity (Wildman–Crippen MR) is 70.2 cm³/mol. The molecule has 0 spiro atoms. The van der Waals surface area contributed by atoms with Crippen LogP contribution in [0.5, 0.6) is 5.75 Å². The third-order valence-corrected chi connectivity index (χ3v) is 2.78. The Morgan fingerprint density at radius 2 is 2.00 bits per heavy atom. The minimum Gasteiger partial charge on any atom is -0.508 e. The fourth-order valence-electron chi connectivity index (χ4n) is 1.43. The Bertz CT molecular complexity index is 601. The molecular formula is C13H9BrFNO2. The topological polar surface area (TPSA) is 49.3 Å². The Balaban J connectivity index is 2.24. The first-order valence-corrected chi connectivity index (χ1v) is 5.91. The number of hydrogen-bond acceptors (Lipinski definition) is 2. The summed E-state index contributed by atoms with van der Waals surface area (Å²) in [6.07, 6.45) is 0. The number of amides is 1. The second kappa shape index (κ2) is 5.18. The average Bonchev–Trinajstić information content (AvgIpc) is 2.34. The number of nitrogens with one attached hydrogen (secondary N) is 1. The number of anilines is 1. The maximum Gasteiger partial charge on any atom is 0.255 e. The van der Waals surface area contributed by atoms with Crippen LogP contribution in [0.2, 0.25) is 0 Å². The van der Waals surface area contributed by atoms with Crippen LogP contribution in [0.1, 0.15) is 10.4 Å². The Morgan fingerprint density at radius 3 is 2.72 bits per heavy atom. The number of hydrogen-bond donors (Lipinski definition) is 2. The lowest BCUT2D eigenvalue weighted by atomic mass is 10.2. The maximum atomic E-state index is 13.4. The van der Waals surface area contributed by atoms with Gasteiger partial charge in [0.25, 0.3) is 5.91 Å². The molecule has 0 aliphatic heterocycles. The third-order valence-electron chi connectivity index (χ3n) is 2.28. The molecule has 0 bridgehead atoms. The van der Waals surface area contributed by atoms with Gasteiger partial charge in [-0.3, -0.25) is 4.79 Å². The lowest BCUT2D eigenvalue weighted by Gasteiger charge is -2.07. The van der Waals surface area contributed by atoms with Gasteiger partial charge in [-0.2, -0.15) is 0 Å². The van der Waals surface area contributed by atoms with Gasteiger partial charge in [-0.15, -0.1) is 0 Å². The zero-order chi connectivity index (χ0) is 13.1. The molecule has 0 aromatic heterocycles. The van der Waals surface area contributed by atoms with Gasteiger partial charge in [-0.25, -0.2) is 4.39 Å². The molecule has 0 atom stereocenters. The zero-order valence-corrected chi connectivity index (χ0v) is 10.7. The second-order valence-electron chi connectivity index (χ2n) is 3.63. The molecule has 0 fully saturated rings. The number of halogens is 2. The van der Waals surface area contributed by atoms with Crippen molar-refractivity contribution in [1.82, 2.24) is 0 Å². The molecule has 18 heavy (non-hydrogen) atoms. The summed E-state index contributed by atoms with van der Waals surface area (Å²) in [7, 11) is 0. The van der Waals surface area contributed by atoms with Gasteiger partial charge in [0.05, 0.1) is 5.69 Å².